The number of anilines is 2. The maximum atomic E-state index is 9.70. The lowest BCUT2D eigenvalue weighted by molar-refractivity contribution is -0.0812. The molecule has 10 heteroatoms. The lowest BCUT2D eigenvalue weighted by atomic mass is 9.97. The molecular weight excluding hydrogens is 386 g/mol. The molecule has 0 amide bonds. The molecule has 2 saturated heterocycles. The van der Waals surface area contributed by atoms with Gasteiger partial charge in [-0.1, -0.05) is 6.92 Å². The number of aromatic nitrogens is 5. The second kappa shape index (κ2) is 7.59. The Hall–Kier alpha value is -3.16. The van der Waals surface area contributed by atoms with Gasteiger partial charge in [0.25, 0.3) is 5.88 Å². The third-order valence-electron chi connectivity index (χ3n) is 5.47. The first kappa shape index (κ1) is 17.7. The van der Waals surface area contributed by atoms with Gasteiger partial charge in [-0.15, -0.1) is 5.10 Å². The Balaban J connectivity index is 1.52. The van der Waals surface area contributed by atoms with Gasteiger partial charge in [-0.2, -0.15) is 10.2 Å². The second-order valence-corrected chi connectivity index (χ2v) is 7.71. The quantitative estimate of drug-likeness (QED) is 0.681. The molecule has 2 aliphatic heterocycles. The molecule has 0 bridgehead atoms. The van der Waals surface area contributed by atoms with E-state index in [-0.39, 0.29) is 24.2 Å². The summed E-state index contributed by atoms with van der Waals surface area (Å²) in [6, 6.07) is 4.22. The molecule has 2 aliphatic rings. The molecule has 30 heavy (non-hydrogen) atoms. The summed E-state index contributed by atoms with van der Waals surface area (Å²) < 4.78 is 28.3. The fourth-order valence-corrected chi connectivity index (χ4v) is 3.88. The van der Waals surface area contributed by atoms with Gasteiger partial charge < -0.3 is 24.1 Å². The fourth-order valence-electron chi connectivity index (χ4n) is 3.88. The van der Waals surface area contributed by atoms with E-state index >= 15 is 0 Å². The highest BCUT2D eigenvalue weighted by Crippen LogP contribution is 2.33. The van der Waals surface area contributed by atoms with Crippen LogP contribution in [0.25, 0.3) is 11.0 Å². The minimum absolute atomic E-state index is 0.0799. The molecule has 0 aromatic carbocycles. The van der Waals surface area contributed by atoms with Gasteiger partial charge in [-0.05, 0) is 12.5 Å². The third kappa shape index (κ3) is 3.36. The van der Waals surface area contributed by atoms with Crippen molar-refractivity contribution in [2.45, 2.75) is 25.5 Å². The second-order valence-electron chi connectivity index (χ2n) is 7.71. The number of ether oxygens (including phenoxy) is 3. The van der Waals surface area contributed by atoms with Crippen molar-refractivity contribution in [3.8, 4) is 11.9 Å². The van der Waals surface area contributed by atoms with E-state index in [1.165, 1.54) is 4.68 Å². The first-order valence-electron chi connectivity index (χ1n) is 10.5. The van der Waals surface area contributed by atoms with Crippen LogP contribution in [0.15, 0.2) is 18.4 Å². The van der Waals surface area contributed by atoms with Gasteiger partial charge in [-0.25, -0.2) is 4.98 Å². The number of fused-ring (bicyclic) bond motifs is 1. The lowest BCUT2D eigenvalue weighted by Gasteiger charge is -2.31. The smallest absolute Gasteiger partial charge is 0.257 e. The number of aryl methyl sites for hydroxylation is 1. The topological polar surface area (TPSA) is 112 Å². The van der Waals surface area contributed by atoms with Gasteiger partial charge in [0.15, 0.2) is 0 Å². The molecule has 0 saturated carbocycles. The molecule has 1 N–H and O–H groups in total. The van der Waals surface area contributed by atoms with Crippen LogP contribution in [0.5, 0.6) is 5.88 Å². The van der Waals surface area contributed by atoms with E-state index in [2.05, 4.69) is 28.4 Å². The molecular formula is C20H23N7O3. The summed E-state index contributed by atoms with van der Waals surface area (Å²) in [6.45, 7) is 4.42. The molecule has 2 atom stereocenters. The van der Waals surface area contributed by atoms with Crippen LogP contribution in [-0.4, -0.2) is 56.8 Å². The Kier molecular flexibility index (Phi) is 4.47. The molecule has 3 aromatic rings. The van der Waals surface area contributed by atoms with E-state index in [4.69, 9.17) is 20.6 Å². The zero-order valence-electron chi connectivity index (χ0n) is 17.8. The Bertz CT molecular complexity index is 1160. The van der Waals surface area contributed by atoms with E-state index in [0.29, 0.717) is 55.3 Å². The zero-order valence-corrected chi connectivity index (χ0v) is 16.8. The molecule has 2 fully saturated rings. The third-order valence-corrected chi connectivity index (χ3v) is 5.47. The first-order chi connectivity index (χ1) is 15.0. The maximum Gasteiger partial charge on any atom is 0.257 e. The number of hydrogen-bond donors (Lipinski definition) is 1. The van der Waals surface area contributed by atoms with Crippen LogP contribution in [0.1, 0.15) is 26.5 Å². The number of nitrogens with zero attached hydrogens (tertiary/aromatic N) is 6. The van der Waals surface area contributed by atoms with Gasteiger partial charge >= 0.3 is 0 Å². The number of rotatable bonds is 5. The van der Waals surface area contributed by atoms with Crippen molar-refractivity contribution in [2.75, 3.05) is 31.7 Å². The monoisotopic (exact) mass is 410 g/mol. The van der Waals surface area contributed by atoms with Crippen LogP contribution in [0, 0.1) is 17.2 Å². The average molecular weight is 410 g/mol. The summed E-state index contributed by atoms with van der Waals surface area (Å²) in [5.41, 5.74) is 1.63. The van der Waals surface area contributed by atoms with Crippen molar-refractivity contribution in [2.24, 2.45) is 13.0 Å². The van der Waals surface area contributed by atoms with E-state index in [1.807, 2.05) is 10.6 Å². The molecule has 0 aliphatic carbocycles. The molecule has 5 heterocycles. The SMILES string of the molecule is [2H]c1c(Nc2ncc3cc(C#N)n([C@@H]4CCOC[C@H]4C)c3n2)c(OC2COC2)nn1C. The Labute approximate surface area is 174 Å². The van der Waals surface area contributed by atoms with E-state index in [9.17, 15) is 5.26 Å². The standard InChI is InChI=1S/C20H23N7O3/c1-12-9-28-4-3-17(12)27-14(6-21)5-13-7-22-20(24-18(13)27)23-16-8-26(2)25-19(16)30-15-10-29-11-15/h5,7-8,12,15,17H,3-4,9-11H2,1-2H3,(H,22,23,24)/t12-,17-/m1/s1/i8D. The largest absolute Gasteiger partial charge is 0.467 e. The van der Waals surface area contributed by atoms with Crippen LogP contribution in [-0.2, 0) is 16.5 Å². The summed E-state index contributed by atoms with van der Waals surface area (Å²) in [5, 5.41) is 17.9. The summed E-state index contributed by atoms with van der Waals surface area (Å²) in [7, 11) is 1.68. The summed E-state index contributed by atoms with van der Waals surface area (Å²) in [6.07, 6.45) is 2.58. The molecule has 3 aromatic heterocycles. The fraction of sp³-hybridized carbons (Fsp3) is 0.500. The van der Waals surface area contributed by atoms with Crippen molar-refractivity contribution in [3.63, 3.8) is 0 Å². The molecule has 156 valence electrons. The Morgan fingerprint density at radius 3 is 2.97 bits per heavy atom. The van der Waals surface area contributed by atoms with Crippen molar-refractivity contribution in [1.82, 2.24) is 24.3 Å². The first-order valence-corrected chi connectivity index (χ1v) is 9.96. The summed E-state index contributed by atoms with van der Waals surface area (Å²) >= 11 is 0. The average Bonchev–Trinajstić information content (AvgIpc) is 3.23. The van der Waals surface area contributed by atoms with Crippen LogP contribution in [0.3, 0.4) is 0 Å². The number of nitriles is 1. The maximum absolute atomic E-state index is 9.70. The van der Waals surface area contributed by atoms with E-state index < -0.39 is 0 Å². The van der Waals surface area contributed by atoms with Gasteiger partial charge in [0.2, 0.25) is 5.95 Å². The summed E-state index contributed by atoms with van der Waals surface area (Å²) in [5.74, 6) is 0.883. The van der Waals surface area contributed by atoms with Crippen molar-refractivity contribution in [3.05, 3.63) is 24.1 Å². The molecule has 0 unspecified atom stereocenters. The predicted molar refractivity (Wildman–Crippen MR) is 108 cm³/mol. The summed E-state index contributed by atoms with van der Waals surface area (Å²) in [4.78, 5) is 9.09. The number of hydrogen-bond acceptors (Lipinski definition) is 8. The van der Waals surface area contributed by atoms with E-state index in [0.717, 1.165) is 11.8 Å². The highest BCUT2D eigenvalue weighted by Gasteiger charge is 2.28. The van der Waals surface area contributed by atoms with E-state index in [1.54, 1.807) is 13.2 Å². The molecule has 10 nitrogen and oxygen atoms in total. The van der Waals surface area contributed by atoms with Gasteiger partial charge in [0, 0.05) is 37.2 Å². The van der Waals surface area contributed by atoms with Gasteiger partial charge in [0.05, 0.1) is 27.4 Å². The molecule has 0 spiro atoms. The van der Waals surface area contributed by atoms with Crippen molar-refractivity contribution in [1.29, 1.82) is 5.26 Å². The minimum atomic E-state index is -0.0799. The van der Waals surface area contributed by atoms with Gasteiger partial charge in [-0.3, -0.25) is 4.68 Å². The van der Waals surface area contributed by atoms with Crippen LogP contribution in [0.2, 0.25) is 0 Å². The number of nitrogens with one attached hydrogen (secondary N) is 1. The molecule has 0 radical (unpaired) electrons. The highest BCUT2D eigenvalue weighted by molar-refractivity contribution is 5.79. The normalized spacial score (nSPS) is 22.4. The highest BCUT2D eigenvalue weighted by atomic mass is 16.6. The molecule has 5 rings (SSSR count). The van der Waals surface area contributed by atoms with Crippen molar-refractivity contribution >= 4 is 22.7 Å². The zero-order chi connectivity index (χ0) is 21.5. The Morgan fingerprint density at radius 2 is 2.23 bits per heavy atom. The van der Waals surface area contributed by atoms with Crippen LogP contribution >= 0.6 is 0 Å². The van der Waals surface area contributed by atoms with Crippen molar-refractivity contribution < 1.29 is 15.6 Å². The Morgan fingerprint density at radius 1 is 1.37 bits per heavy atom. The minimum Gasteiger partial charge on any atom is -0.467 e. The predicted octanol–water partition coefficient (Wildman–Crippen LogP) is 2.16. The van der Waals surface area contributed by atoms with Crippen LogP contribution < -0.4 is 10.1 Å². The lowest BCUT2D eigenvalue weighted by Crippen LogP contribution is -2.38. The van der Waals surface area contributed by atoms with Gasteiger partial charge in [0.1, 0.15) is 29.2 Å². The van der Waals surface area contributed by atoms with Crippen LogP contribution in [0.4, 0.5) is 11.6 Å².